The van der Waals surface area contributed by atoms with Crippen molar-refractivity contribution in [2.45, 2.75) is 26.7 Å². The van der Waals surface area contributed by atoms with Crippen molar-refractivity contribution in [3.63, 3.8) is 0 Å². The molecule has 0 saturated heterocycles. The molecule has 28 heavy (non-hydrogen) atoms. The van der Waals surface area contributed by atoms with Crippen molar-refractivity contribution in [2.24, 2.45) is 0 Å². The zero-order valence-corrected chi connectivity index (χ0v) is 16.5. The van der Waals surface area contributed by atoms with E-state index in [2.05, 4.69) is 0 Å². The highest BCUT2D eigenvalue weighted by atomic mass is 16.5. The number of benzene rings is 2. The maximum atomic E-state index is 12.2. The van der Waals surface area contributed by atoms with Crippen molar-refractivity contribution in [1.29, 1.82) is 0 Å². The summed E-state index contributed by atoms with van der Waals surface area (Å²) in [5.41, 5.74) is 3.03. The molecule has 0 fully saturated rings. The number of ether oxygens (including phenoxy) is 3. The summed E-state index contributed by atoms with van der Waals surface area (Å²) in [6.07, 6.45) is -0.0448. The maximum Gasteiger partial charge on any atom is 0.306 e. The molecule has 2 rings (SSSR count). The lowest BCUT2D eigenvalue weighted by Gasteiger charge is -2.09. The molecule has 148 valence electrons. The van der Waals surface area contributed by atoms with E-state index in [0.29, 0.717) is 22.6 Å². The number of Topliss-reactive ketones (excluding diaryl/α,β-unsaturated/α-hetero) is 2. The highest BCUT2D eigenvalue weighted by molar-refractivity contribution is 5.99. The molecule has 0 aliphatic carbocycles. The molecule has 2 aromatic rings. The zero-order chi connectivity index (χ0) is 20.7. The molecule has 0 saturated carbocycles. The van der Waals surface area contributed by atoms with Gasteiger partial charge in [-0.1, -0.05) is 12.1 Å². The molecule has 0 aliphatic heterocycles. The van der Waals surface area contributed by atoms with Crippen molar-refractivity contribution in [3.05, 3.63) is 58.7 Å². The number of rotatable bonds is 9. The second kappa shape index (κ2) is 9.69. The number of hydrogen-bond donors (Lipinski definition) is 0. The van der Waals surface area contributed by atoms with Gasteiger partial charge in [-0.25, -0.2) is 0 Å². The molecule has 0 atom stereocenters. The molecule has 0 unspecified atom stereocenters. The van der Waals surface area contributed by atoms with Crippen LogP contribution in [0.1, 0.15) is 44.7 Å². The van der Waals surface area contributed by atoms with E-state index in [1.807, 2.05) is 26.0 Å². The van der Waals surface area contributed by atoms with E-state index in [9.17, 15) is 14.4 Å². The summed E-state index contributed by atoms with van der Waals surface area (Å²) in [5, 5.41) is 0. The summed E-state index contributed by atoms with van der Waals surface area (Å²) in [5.74, 6) is -0.174. The minimum Gasteiger partial charge on any atom is -0.493 e. The van der Waals surface area contributed by atoms with Crippen LogP contribution < -0.4 is 9.47 Å². The van der Waals surface area contributed by atoms with E-state index in [1.54, 1.807) is 18.2 Å². The van der Waals surface area contributed by atoms with E-state index < -0.39 is 12.6 Å². The molecule has 0 spiro atoms. The quantitative estimate of drug-likeness (QED) is 0.484. The van der Waals surface area contributed by atoms with Gasteiger partial charge in [0.1, 0.15) is 0 Å². The van der Waals surface area contributed by atoms with Gasteiger partial charge in [0.2, 0.25) is 0 Å². The fourth-order valence-electron chi connectivity index (χ4n) is 2.59. The molecular weight excluding hydrogens is 360 g/mol. The third kappa shape index (κ3) is 5.42. The summed E-state index contributed by atoms with van der Waals surface area (Å²) >= 11 is 0. The molecule has 0 heterocycles. The first kappa shape index (κ1) is 21.2. The Bertz CT molecular complexity index is 885. The lowest BCUT2D eigenvalue weighted by Crippen LogP contribution is -2.15. The van der Waals surface area contributed by atoms with Crippen molar-refractivity contribution < 1.29 is 28.6 Å². The predicted octanol–water partition coefficient (Wildman–Crippen LogP) is 3.71. The predicted molar refractivity (Wildman–Crippen MR) is 104 cm³/mol. The zero-order valence-electron chi connectivity index (χ0n) is 16.5. The monoisotopic (exact) mass is 384 g/mol. The molecule has 0 aromatic heterocycles. The number of esters is 1. The standard InChI is InChI=1S/C22H24O6/c1-14-5-6-16(11-15(14)2)18(23)8-10-22(25)28-13-19(24)17-7-9-20(26-3)21(12-17)27-4/h5-7,9,11-12H,8,10,13H2,1-4H3. The first-order valence-electron chi connectivity index (χ1n) is 8.87. The lowest BCUT2D eigenvalue weighted by molar-refractivity contribution is -0.142. The van der Waals surface area contributed by atoms with Crippen molar-refractivity contribution in [3.8, 4) is 11.5 Å². The summed E-state index contributed by atoms with van der Waals surface area (Å²) in [7, 11) is 2.97. The highest BCUT2D eigenvalue weighted by Crippen LogP contribution is 2.27. The van der Waals surface area contributed by atoms with E-state index in [1.165, 1.54) is 20.3 Å². The van der Waals surface area contributed by atoms with Crippen LogP contribution in [-0.2, 0) is 9.53 Å². The van der Waals surface area contributed by atoms with Crippen molar-refractivity contribution in [1.82, 2.24) is 0 Å². The number of hydrogen-bond acceptors (Lipinski definition) is 6. The fourth-order valence-corrected chi connectivity index (χ4v) is 2.59. The molecule has 0 amide bonds. The van der Waals surface area contributed by atoms with E-state index >= 15 is 0 Å². The van der Waals surface area contributed by atoms with Gasteiger partial charge in [-0.05, 0) is 49.2 Å². The third-order valence-corrected chi connectivity index (χ3v) is 4.45. The average Bonchev–Trinajstić information content (AvgIpc) is 2.71. The normalized spacial score (nSPS) is 10.3. The summed E-state index contributed by atoms with van der Waals surface area (Å²) in [6.45, 7) is 3.50. The Morgan fingerprint density at radius 2 is 1.39 bits per heavy atom. The van der Waals surface area contributed by atoms with E-state index in [-0.39, 0.29) is 24.4 Å². The van der Waals surface area contributed by atoms with Gasteiger partial charge >= 0.3 is 5.97 Å². The Morgan fingerprint density at radius 1 is 0.750 bits per heavy atom. The van der Waals surface area contributed by atoms with Crippen molar-refractivity contribution >= 4 is 17.5 Å². The Morgan fingerprint density at radius 3 is 2.04 bits per heavy atom. The maximum absolute atomic E-state index is 12.2. The Hall–Kier alpha value is -3.15. The molecule has 0 bridgehead atoms. The van der Waals surface area contributed by atoms with Crippen LogP contribution in [0, 0.1) is 13.8 Å². The van der Waals surface area contributed by atoms with Crippen LogP contribution in [0.15, 0.2) is 36.4 Å². The van der Waals surface area contributed by atoms with Crippen LogP contribution >= 0.6 is 0 Å². The highest BCUT2D eigenvalue weighted by Gasteiger charge is 2.15. The van der Waals surface area contributed by atoms with Gasteiger partial charge in [-0.15, -0.1) is 0 Å². The molecule has 0 radical (unpaired) electrons. The summed E-state index contributed by atoms with van der Waals surface area (Å²) in [4.78, 5) is 36.3. The lowest BCUT2D eigenvalue weighted by atomic mass is 10.0. The first-order valence-corrected chi connectivity index (χ1v) is 8.87. The van der Waals surface area contributed by atoms with Crippen LogP contribution in [0.5, 0.6) is 11.5 Å². The van der Waals surface area contributed by atoms with Gasteiger partial charge in [0, 0.05) is 17.5 Å². The number of carbonyl (C=O) groups is 3. The smallest absolute Gasteiger partial charge is 0.306 e. The van der Waals surface area contributed by atoms with Gasteiger partial charge in [0.25, 0.3) is 0 Å². The van der Waals surface area contributed by atoms with Crippen LogP contribution in [0.3, 0.4) is 0 Å². The fraction of sp³-hybridized carbons (Fsp3) is 0.318. The Balaban J connectivity index is 1.85. The molecular formula is C22H24O6. The van der Waals surface area contributed by atoms with E-state index in [4.69, 9.17) is 14.2 Å². The number of ketones is 2. The number of aryl methyl sites for hydroxylation is 2. The van der Waals surface area contributed by atoms with Crippen molar-refractivity contribution in [2.75, 3.05) is 20.8 Å². The largest absolute Gasteiger partial charge is 0.493 e. The molecule has 0 aliphatic rings. The number of carbonyl (C=O) groups excluding carboxylic acids is 3. The van der Waals surface area contributed by atoms with Gasteiger partial charge in [-0.3, -0.25) is 14.4 Å². The van der Waals surface area contributed by atoms with Crippen LogP contribution in [0.25, 0.3) is 0 Å². The van der Waals surface area contributed by atoms with Gasteiger partial charge < -0.3 is 14.2 Å². The van der Waals surface area contributed by atoms with E-state index in [0.717, 1.165) is 11.1 Å². The topological polar surface area (TPSA) is 78.9 Å². The summed E-state index contributed by atoms with van der Waals surface area (Å²) < 4.78 is 15.3. The Kier molecular flexibility index (Phi) is 7.32. The minimum atomic E-state index is -0.592. The minimum absolute atomic E-state index is 0.0336. The second-order valence-electron chi connectivity index (χ2n) is 6.38. The first-order chi connectivity index (χ1) is 13.3. The third-order valence-electron chi connectivity index (χ3n) is 4.45. The summed E-state index contributed by atoms with van der Waals surface area (Å²) in [6, 6.07) is 10.1. The Labute approximate surface area is 164 Å². The van der Waals surface area contributed by atoms with Crippen LogP contribution in [0.4, 0.5) is 0 Å². The van der Waals surface area contributed by atoms with Crippen LogP contribution in [0.2, 0.25) is 0 Å². The SMILES string of the molecule is COc1ccc(C(=O)COC(=O)CCC(=O)c2ccc(C)c(C)c2)cc1OC. The van der Waals surface area contributed by atoms with Gasteiger partial charge in [0.15, 0.2) is 29.7 Å². The molecule has 0 N–H and O–H groups in total. The van der Waals surface area contributed by atoms with Gasteiger partial charge in [-0.2, -0.15) is 0 Å². The molecule has 6 nitrogen and oxygen atoms in total. The number of methoxy groups -OCH3 is 2. The molecule has 2 aromatic carbocycles. The second-order valence-corrected chi connectivity index (χ2v) is 6.38. The van der Waals surface area contributed by atoms with Gasteiger partial charge in [0.05, 0.1) is 20.6 Å². The average molecular weight is 384 g/mol. The van der Waals surface area contributed by atoms with Crippen LogP contribution in [-0.4, -0.2) is 38.4 Å². The molecule has 6 heteroatoms.